The predicted molar refractivity (Wildman–Crippen MR) is 74.9 cm³/mol. The van der Waals surface area contributed by atoms with E-state index in [1.165, 1.54) is 24.6 Å². The van der Waals surface area contributed by atoms with E-state index < -0.39 is 17.2 Å². The number of benzene rings is 1. The van der Waals surface area contributed by atoms with Crippen LogP contribution < -0.4 is 10.3 Å². The van der Waals surface area contributed by atoms with E-state index >= 15 is 0 Å². The molecule has 0 unspecified atom stereocenters. The molecule has 2 aromatic rings. The topological polar surface area (TPSA) is 84.0 Å². The zero-order valence-electron chi connectivity index (χ0n) is 12.0. The molecule has 0 bridgehead atoms. The number of nitrogens with one attached hydrogen (secondary N) is 1. The van der Waals surface area contributed by atoms with Crippen LogP contribution in [0.2, 0.25) is 0 Å². The zero-order valence-corrected chi connectivity index (χ0v) is 12.0. The number of hydrogen-bond donors (Lipinski definition) is 1. The average Bonchev–Trinajstić information content (AvgIpc) is 2.77. The van der Waals surface area contributed by atoms with E-state index in [0.29, 0.717) is 5.69 Å². The van der Waals surface area contributed by atoms with Gasteiger partial charge in [-0.05, 0) is 30.7 Å². The summed E-state index contributed by atoms with van der Waals surface area (Å²) in [6.07, 6.45) is 1.24. The Morgan fingerprint density at radius 1 is 1.14 bits per heavy atom. The molecule has 0 amide bonds. The summed E-state index contributed by atoms with van der Waals surface area (Å²) in [4.78, 5) is 34.7. The molecule has 0 saturated carbocycles. The van der Waals surface area contributed by atoms with Crippen molar-refractivity contribution in [1.82, 2.24) is 5.27 Å². The van der Waals surface area contributed by atoms with Gasteiger partial charge in [-0.15, -0.1) is 0 Å². The molecule has 1 aromatic carbocycles. The van der Waals surface area contributed by atoms with Crippen molar-refractivity contribution < 1.29 is 18.8 Å². The molecule has 1 aromatic heterocycles. The highest BCUT2D eigenvalue weighted by Gasteiger charge is 2.23. The lowest BCUT2D eigenvalue weighted by Gasteiger charge is -1.96. The third-order valence-electron chi connectivity index (χ3n) is 3.01. The second-order valence-corrected chi connectivity index (χ2v) is 4.71. The number of aromatic nitrogens is 2. The summed E-state index contributed by atoms with van der Waals surface area (Å²) in [6.45, 7) is 4.49. The number of ketones is 2. The van der Waals surface area contributed by atoms with Crippen LogP contribution in [0.4, 0.5) is 0 Å². The fourth-order valence-electron chi connectivity index (χ4n) is 1.88. The second kappa shape index (κ2) is 5.70. The smallest absolute Gasteiger partial charge is 0.294 e. The molecule has 2 rings (SSSR count). The first-order chi connectivity index (χ1) is 9.90. The highest BCUT2D eigenvalue weighted by atomic mass is 16.5. The molecule has 1 heterocycles. The fraction of sp³-hybridized carbons (Fsp3) is 0.200. The fourth-order valence-corrected chi connectivity index (χ4v) is 1.88. The van der Waals surface area contributed by atoms with Crippen LogP contribution in [0.3, 0.4) is 0 Å². The summed E-state index contributed by atoms with van der Waals surface area (Å²) in [7, 11) is 0. The molecule has 0 saturated heterocycles. The Labute approximate surface area is 120 Å². The molecule has 21 heavy (non-hydrogen) atoms. The monoisotopic (exact) mass is 287 g/mol. The van der Waals surface area contributed by atoms with Gasteiger partial charge in [-0.25, -0.2) is 4.79 Å². The van der Waals surface area contributed by atoms with Gasteiger partial charge in [0.05, 0.1) is 5.57 Å². The third-order valence-corrected chi connectivity index (χ3v) is 3.01. The summed E-state index contributed by atoms with van der Waals surface area (Å²) in [5.41, 5.74) is 1.09. The molecule has 6 heteroatoms. The number of Topliss-reactive ketones (excluding diaryl/α,β-unsaturated/α-hetero) is 2. The van der Waals surface area contributed by atoms with Crippen molar-refractivity contribution in [2.24, 2.45) is 0 Å². The van der Waals surface area contributed by atoms with E-state index in [0.717, 1.165) is 5.56 Å². The highest BCUT2D eigenvalue weighted by molar-refractivity contribution is 6.21. The first kappa shape index (κ1) is 14.6. The Bertz CT molecular complexity index is 763. The summed E-state index contributed by atoms with van der Waals surface area (Å²) >= 11 is 0. The van der Waals surface area contributed by atoms with E-state index in [1.54, 1.807) is 12.1 Å². The maximum Gasteiger partial charge on any atom is 0.435 e. The molecule has 0 aliphatic rings. The summed E-state index contributed by atoms with van der Waals surface area (Å²) in [5, 5.41) is 2.45. The number of carbonyl (C=O) groups excluding carboxylic acids is 2. The maximum absolute atomic E-state index is 11.8. The minimum atomic E-state index is -0.657. The molecule has 0 aliphatic heterocycles. The lowest BCUT2D eigenvalue weighted by atomic mass is 10.1. The number of nitrogens with zero attached hydrogens (tertiary/aromatic N) is 1. The minimum Gasteiger partial charge on any atom is -0.294 e. The zero-order chi connectivity index (χ0) is 15.6. The van der Waals surface area contributed by atoms with Crippen LogP contribution >= 0.6 is 0 Å². The van der Waals surface area contributed by atoms with Crippen LogP contribution in [0.25, 0.3) is 11.8 Å². The van der Waals surface area contributed by atoms with E-state index in [2.05, 4.69) is 5.27 Å². The van der Waals surface area contributed by atoms with Crippen LogP contribution in [0, 0.1) is 6.92 Å². The van der Waals surface area contributed by atoms with Crippen molar-refractivity contribution >= 4 is 17.6 Å². The third kappa shape index (κ3) is 3.05. The van der Waals surface area contributed by atoms with Gasteiger partial charge in [0.15, 0.2) is 11.6 Å². The number of aryl methyl sites for hydroxylation is 1. The molecular formula is C15H15N2O4+. The largest absolute Gasteiger partial charge is 0.435 e. The van der Waals surface area contributed by atoms with Crippen molar-refractivity contribution in [3.63, 3.8) is 0 Å². The quantitative estimate of drug-likeness (QED) is 0.395. The maximum atomic E-state index is 11.8. The Hall–Kier alpha value is -2.76. The average molecular weight is 287 g/mol. The van der Waals surface area contributed by atoms with E-state index in [1.807, 2.05) is 19.1 Å². The van der Waals surface area contributed by atoms with E-state index in [-0.39, 0.29) is 11.3 Å². The Balaban J connectivity index is 2.60. The molecule has 1 N–H and O–H groups in total. The highest BCUT2D eigenvalue weighted by Crippen LogP contribution is 2.06. The van der Waals surface area contributed by atoms with Crippen molar-refractivity contribution in [1.29, 1.82) is 0 Å². The molecule has 6 nitrogen and oxygen atoms in total. The van der Waals surface area contributed by atoms with Gasteiger partial charge in [-0.1, -0.05) is 17.7 Å². The summed E-state index contributed by atoms with van der Waals surface area (Å²) in [5.74, 6) is -0.808. The van der Waals surface area contributed by atoms with Gasteiger partial charge in [0.25, 0.3) is 0 Å². The first-order valence-corrected chi connectivity index (χ1v) is 6.34. The summed E-state index contributed by atoms with van der Waals surface area (Å²) < 4.78 is 6.14. The molecule has 108 valence electrons. The second-order valence-electron chi connectivity index (χ2n) is 4.71. The molecule has 0 radical (unpaired) electrons. The van der Waals surface area contributed by atoms with Crippen LogP contribution in [0.5, 0.6) is 0 Å². The Morgan fingerprint density at radius 2 is 1.71 bits per heavy atom. The molecule has 0 atom stereocenters. The van der Waals surface area contributed by atoms with Crippen LogP contribution in [0.15, 0.2) is 39.2 Å². The number of aromatic amines is 1. The lowest BCUT2D eigenvalue weighted by molar-refractivity contribution is -0.672. The van der Waals surface area contributed by atoms with Gasteiger partial charge < -0.3 is 0 Å². The number of allylic oxidation sites excluding steroid dienone is 1. The van der Waals surface area contributed by atoms with Crippen LogP contribution in [0.1, 0.15) is 25.1 Å². The Kier molecular flexibility index (Phi) is 3.98. The van der Waals surface area contributed by atoms with Crippen molar-refractivity contribution in [2.75, 3.05) is 0 Å². The SMILES string of the molecule is CC(=O)C(=Cc1c(=O)o[nH][n+]1-c1ccc(C)cc1)C(C)=O. The van der Waals surface area contributed by atoms with Gasteiger partial charge in [0.1, 0.15) is 0 Å². The summed E-state index contributed by atoms with van der Waals surface area (Å²) in [6, 6.07) is 7.33. The molecular weight excluding hydrogens is 272 g/mol. The van der Waals surface area contributed by atoms with E-state index in [9.17, 15) is 14.4 Å². The van der Waals surface area contributed by atoms with Gasteiger partial charge in [0, 0.05) is 18.2 Å². The molecule has 0 spiro atoms. The molecule has 0 fully saturated rings. The Morgan fingerprint density at radius 3 is 2.24 bits per heavy atom. The van der Waals surface area contributed by atoms with Crippen molar-refractivity contribution in [3.8, 4) is 5.69 Å². The number of carbonyl (C=O) groups is 2. The van der Waals surface area contributed by atoms with Gasteiger partial charge >= 0.3 is 11.3 Å². The first-order valence-electron chi connectivity index (χ1n) is 6.34. The van der Waals surface area contributed by atoms with Gasteiger partial charge in [-0.2, -0.15) is 0 Å². The number of rotatable bonds is 4. The van der Waals surface area contributed by atoms with Crippen LogP contribution in [-0.4, -0.2) is 16.8 Å². The number of hydrogen-bond acceptors (Lipinski definition) is 4. The van der Waals surface area contributed by atoms with Crippen molar-refractivity contribution in [3.05, 3.63) is 51.5 Å². The van der Waals surface area contributed by atoms with E-state index in [4.69, 9.17) is 4.52 Å². The van der Waals surface area contributed by atoms with Gasteiger partial charge in [-0.3, -0.25) is 14.1 Å². The predicted octanol–water partition coefficient (Wildman–Crippen LogP) is 1.11. The molecule has 0 aliphatic carbocycles. The number of H-pyrrole nitrogens is 1. The van der Waals surface area contributed by atoms with Crippen molar-refractivity contribution in [2.45, 2.75) is 20.8 Å². The normalized spacial score (nSPS) is 10.2. The lowest BCUT2D eigenvalue weighted by Crippen LogP contribution is -2.37. The van der Waals surface area contributed by atoms with Gasteiger partial charge in [0.2, 0.25) is 5.69 Å². The minimum absolute atomic E-state index is 0.0530. The standard InChI is InChI=1S/C15H14N2O4/c1-9-4-6-12(7-5-9)17-14(15(20)21-16-17)8-13(10(2)18)11(3)19/h4-8H,1-3H3/p+1. The van der Waals surface area contributed by atoms with Crippen LogP contribution in [-0.2, 0) is 9.59 Å².